The number of hydrogen-bond acceptors (Lipinski definition) is 3. The van der Waals surface area contributed by atoms with Gasteiger partial charge in [-0.15, -0.1) is 6.61 Å². The Morgan fingerprint density at radius 1 is 0.577 bits per heavy atom. The van der Waals surface area contributed by atoms with Gasteiger partial charge in [0.2, 0.25) is 0 Å². The maximum Gasteiger partial charge on any atom is 2.00 e. The number of carboxylic acids is 1. The fraction of sp³-hybridized carbons (Fsp3) is 0.955. The summed E-state index contributed by atoms with van der Waals surface area (Å²) in [6.07, 6.45) is 21.7. The van der Waals surface area contributed by atoms with E-state index in [0.29, 0.717) is 0 Å². The van der Waals surface area contributed by atoms with E-state index in [1.165, 1.54) is 83.5 Å². The number of aliphatic carboxylic acids is 1. The number of rotatable bonds is 18. The molecule has 1 radical (unpaired) electrons. The van der Waals surface area contributed by atoms with Crippen LogP contribution in [0.2, 0.25) is 0 Å². The molecule has 0 aliphatic rings. The van der Waals surface area contributed by atoms with Crippen molar-refractivity contribution < 1.29 is 15.0 Å². The van der Waals surface area contributed by atoms with Crippen LogP contribution in [0.15, 0.2) is 0 Å². The third-order valence-electron chi connectivity index (χ3n) is 4.48. The molecule has 0 aromatic rings. The van der Waals surface area contributed by atoms with Crippen LogP contribution in [-0.2, 0) is 4.79 Å². The number of carbonyl (C=O) groups excluding carboxylic acids is 1. The Morgan fingerprint density at radius 3 is 1.12 bits per heavy atom. The summed E-state index contributed by atoms with van der Waals surface area (Å²) < 4.78 is 0. The summed E-state index contributed by atoms with van der Waals surface area (Å²) in [6.45, 7) is 4.37. The molecule has 0 bridgehead atoms. The molecule has 0 N–H and O–H groups in total. The summed E-state index contributed by atoms with van der Waals surface area (Å²) in [5.74, 6) is -0.903. The molecule has 0 aliphatic carbocycles. The summed E-state index contributed by atoms with van der Waals surface area (Å²) in [7, 11) is 0. The van der Waals surface area contributed by atoms with E-state index >= 15 is 0 Å². The molecule has 0 unspecified atom stereocenters. The first-order chi connectivity index (χ1) is 12.2. The minimum atomic E-state index is -0.903. The largest absolute Gasteiger partial charge is 2.00 e. The topological polar surface area (TPSA) is 63.2 Å². The van der Waals surface area contributed by atoms with Gasteiger partial charge in [0.15, 0.2) is 0 Å². The molecule has 0 spiro atoms. The molecule has 0 aromatic carbocycles. The van der Waals surface area contributed by atoms with Gasteiger partial charge in [-0.05, 0) is 12.8 Å². The van der Waals surface area contributed by atoms with Crippen LogP contribution in [0.4, 0.5) is 0 Å². The first-order valence-electron chi connectivity index (χ1n) is 11.0. The molecule has 0 amide bonds. The molecule has 26 heavy (non-hydrogen) atoms. The van der Waals surface area contributed by atoms with Crippen LogP contribution in [0.1, 0.15) is 129 Å². The van der Waals surface area contributed by atoms with Crippen LogP contribution >= 0.6 is 0 Å². The van der Waals surface area contributed by atoms with Crippen LogP contribution < -0.4 is 10.2 Å². The maximum atomic E-state index is 10.2. The fourth-order valence-corrected chi connectivity index (χ4v) is 2.78. The zero-order valence-corrected chi connectivity index (χ0v) is 18.9. The molecule has 4 heteroatoms. The SMILES string of the molecule is CCCCCCCCCCCCCCCCCC(=O)[O-].CCCC[O-].[Al+2]. The van der Waals surface area contributed by atoms with Gasteiger partial charge in [-0.1, -0.05) is 117 Å². The third kappa shape index (κ3) is 35.1. The van der Waals surface area contributed by atoms with E-state index in [-0.39, 0.29) is 30.4 Å². The van der Waals surface area contributed by atoms with Gasteiger partial charge >= 0.3 is 17.4 Å². The van der Waals surface area contributed by atoms with Gasteiger partial charge in [-0.25, -0.2) is 0 Å². The molecular weight excluding hydrogens is 339 g/mol. The van der Waals surface area contributed by atoms with Gasteiger partial charge in [0.25, 0.3) is 0 Å². The monoisotopic (exact) mass is 383 g/mol. The van der Waals surface area contributed by atoms with Crippen LogP contribution in [0.25, 0.3) is 0 Å². The van der Waals surface area contributed by atoms with Crippen molar-refractivity contribution in [3.05, 3.63) is 0 Å². The van der Waals surface area contributed by atoms with Crippen LogP contribution in [0, 0.1) is 0 Å². The molecule has 0 saturated heterocycles. The second-order valence-corrected chi connectivity index (χ2v) is 7.13. The van der Waals surface area contributed by atoms with E-state index in [4.69, 9.17) is 0 Å². The quantitative estimate of drug-likeness (QED) is 0.253. The van der Waals surface area contributed by atoms with Crippen LogP contribution in [0.5, 0.6) is 0 Å². The second-order valence-electron chi connectivity index (χ2n) is 7.13. The average molecular weight is 384 g/mol. The van der Waals surface area contributed by atoms with Gasteiger partial charge in [-0.2, -0.15) is 0 Å². The van der Waals surface area contributed by atoms with Crippen molar-refractivity contribution in [2.45, 2.75) is 129 Å². The fourth-order valence-electron chi connectivity index (χ4n) is 2.78. The Hall–Kier alpha value is -0.0375. The van der Waals surface area contributed by atoms with E-state index in [1.54, 1.807) is 0 Å². The van der Waals surface area contributed by atoms with Gasteiger partial charge in [0.1, 0.15) is 0 Å². The first-order valence-corrected chi connectivity index (χ1v) is 11.0. The average Bonchev–Trinajstić information content (AvgIpc) is 2.59. The van der Waals surface area contributed by atoms with Gasteiger partial charge in [0.05, 0.1) is 0 Å². The Labute approximate surface area is 174 Å². The standard InChI is InChI=1S/C18H36O2.C4H9O.Al/c1-2-3-4-5-6-7-8-9-10-11-12-13-14-15-16-17-18(19)20;1-2-3-4-5;/h2-17H2,1H3,(H,19,20);2-4H2,1H3;/q;-1;+2/p-1. The summed E-state index contributed by atoms with van der Waals surface area (Å²) in [5.41, 5.74) is 0. The van der Waals surface area contributed by atoms with Crippen LogP contribution in [-0.4, -0.2) is 29.9 Å². The predicted octanol–water partition coefficient (Wildman–Crippen LogP) is 4.76. The molecule has 0 fully saturated rings. The molecule has 0 rings (SSSR count). The Balaban J connectivity index is -0.000000772. The number of hydrogen-bond donors (Lipinski definition) is 0. The van der Waals surface area contributed by atoms with Crippen molar-refractivity contribution in [3.63, 3.8) is 0 Å². The van der Waals surface area contributed by atoms with E-state index in [0.717, 1.165) is 25.7 Å². The van der Waals surface area contributed by atoms with Gasteiger partial charge in [-0.3, -0.25) is 0 Å². The molecule has 0 saturated carbocycles. The Bertz CT molecular complexity index is 246. The first kappa shape index (κ1) is 30.7. The predicted molar refractivity (Wildman–Crippen MR) is 110 cm³/mol. The molecular formula is C22H44AlO3. The molecule has 0 atom stereocenters. The van der Waals surface area contributed by atoms with Crippen molar-refractivity contribution in [2.75, 3.05) is 6.61 Å². The Kier molecular flexibility index (Phi) is 35.1. The molecule has 0 aromatic heterocycles. The minimum Gasteiger partial charge on any atom is -0.854 e. The zero-order valence-electron chi connectivity index (χ0n) is 17.7. The summed E-state index contributed by atoms with van der Waals surface area (Å²) in [6, 6.07) is 0. The second kappa shape index (κ2) is 29.7. The molecule has 153 valence electrons. The molecule has 0 aliphatic heterocycles. The van der Waals surface area contributed by atoms with Crippen molar-refractivity contribution >= 4 is 23.3 Å². The normalized spacial score (nSPS) is 9.96. The molecule has 3 nitrogen and oxygen atoms in total. The number of carboxylic acid groups (broad SMARTS) is 1. The van der Waals surface area contributed by atoms with Gasteiger partial charge < -0.3 is 15.0 Å². The number of unbranched alkanes of at least 4 members (excludes halogenated alkanes) is 15. The van der Waals surface area contributed by atoms with Crippen molar-refractivity contribution in [1.29, 1.82) is 0 Å². The van der Waals surface area contributed by atoms with Crippen molar-refractivity contribution in [1.82, 2.24) is 0 Å². The van der Waals surface area contributed by atoms with E-state index < -0.39 is 5.97 Å². The van der Waals surface area contributed by atoms with E-state index in [9.17, 15) is 15.0 Å². The van der Waals surface area contributed by atoms with Crippen LogP contribution in [0.3, 0.4) is 0 Å². The smallest absolute Gasteiger partial charge is 0.854 e. The van der Waals surface area contributed by atoms with E-state index in [1.807, 2.05) is 6.92 Å². The number of carbonyl (C=O) groups is 1. The Morgan fingerprint density at radius 2 is 0.885 bits per heavy atom. The zero-order chi connectivity index (χ0) is 19.0. The minimum absolute atomic E-state index is 0. The summed E-state index contributed by atoms with van der Waals surface area (Å²) in [5, 5.41) is 19.8. The van der Waals surface area contributed by atoms with Crippen molar-refractivity contribution in [3.8, 4) is 0 Å². The van der Waals surface area contributed by atoms with Crippen molar-refractivity contribution in [2.24, 2.45) is 0 Å². The third-order valence-corrected chi connectivity index (χ3v) is 4.48. The summed E-state index contributed by atoms with van der Waals surface area (Å²) in [4.78, 5) is 10.2. The molecule has 0 heterocycles. The van der Waals surface area contributed by atoms with E-state index in [2.05, 4.69) is 6.92 Å². The van der Waals surface area contributed by atoms with Gasteiger partial charge in [0, 0.05) is 5.97 Å². The maximum absolute atomic E-state index is 10.2. The summed E-state index contributed by atoms with van der Waals surface area (Å²) >= 11 is 0.